The third-order valence-electron chi connectivity index (χ3n) is 3.47. The number of hydrogen-bond donors (Lipinski definition) is 2. The molecule has 0 spiro atoms. The van der Waals surface area contributed by atoms with Crippen LogP contribution in [0.2, 0.25) is 0 Å². The maximum absolute atomic E-state index is 7.56. The van der Waals surface area contributed by atoms with Crippen LogP contribution in [0.5, 0.6) is 0 Å². The summed E-state index contributed by atoms with van der Waals surface area (Å²) in [5.74, 6) is 1.25. The number of amidine groups is 1. The molecule has 0 bridgehead atoms. The van der Waals surface area contributed by atoms with E-state index >= 15 is 0 Å². The predicted octanol–water partition coefficient (Wildman–Crippen LogP) is 0.147. The Hall–Kier alpha value is -1.69. The van der Waals surface area contributed by atoms with Crippen LogP contribution in [0.1, 0.15) is 12.6 Å². The fourth-order valence-corrected chi connectivity index (χ4v) is 2.55. The molecule has 1 saturated heterocycles. The zero-order chi connectivity index (χ0) is 13.3. The lowest BCUT2D eigenvalue weighted by Gasteiger charge is -2.23. The number of nitrogens with two attached hydrogens (primary N) is 1. The van der Waals surface area contributed by atoms with E-state index in [-0.39, 0.29) is 5.84 Å². The fraction of sp³-hybridized carbons (Fsp3) is 0.583. The first-order valence-corrected chi connectivity index (χ1v) is 6.07. The van der Waals surface area contributed by atoms with E-state index in [1.807, 2.05) is 0 Å². The molecule has 1 aliphatic heterocycles. The predicted molar refractivity (Wildman–Crippen MR) is 71.9 cm³/mol. The second-order valence-electron chi connectivity index (χ2n) is 5.06. The third-order valence-corrected chi connectivity index (χ3v) is 3.47. The number of nitrogen functional groups attached to an aromatic ring is 1. The molecule has 0 aromatic carbocycles. The molecule has 2 atom stereocenters. The van der Waals surface area contributed by atoms with Gasteiger partial charge in [-0.1, -0.05) is 6.92 Å². The third kappa shape index (κ3) is 2.28. The lowest BCUT2D eigenvalue weighted by Crippen LogP contribution is -2.34. The molecule has 1 aliphatic rings. The second kappa shape index (κ2) is 4.89. The Kier molecular flexibility index (Phi) is 3.47. The summed E-state index contributed by atoms with van der Waals surface area (Å²) in [4.78, 5) is 12.9. The minimum atomic E-state index is -0.0287. The monoisotopic (exact) mass is 248 g/mol. The van der Waals surface area contributed by atoms with Crippen LogP contribution >= 0.6 is 0 Å². The lowest BCUT2D eigenvalue weighted by atomic mass is 10.1. The first-order chi connectivity index (χ1) is 8.50. The summed E-state index contributed by atoms with van der Waals surface area (Å²) in [7, 11) is 4.18. The van der Waals surface area contributed by atoms with Gasteiger partial charge in [-0.15, -0.1) is 0 Å². The molecule has 6 heteroatoms. The van der Waals surface area contributed by atoms with Gasteiger partial charge in [0.2, 0.25) is 0 Å². The summed E-state index contributed by atoms with van der Waals surface area (Å²) >= 11 is 0. The molecular weight excluding hydrogens is 228 g/mol. The summed E-state index contributed by atoms with van der Waals surface area (Å²) in [6.45, 7) is 4.05. The van der Waals surface area contributed by atoms with Gasteiger partial charge >= 0.3 is 0 Å². The number of likely N-dealkylation sites (N-methyl/N-ethyl adjacent to an activating group) is 1. The van der Waals surface area contributed by atoms with Gasteiger partial charge in [0.1, 0.15) is 11.5 Å². The van der Waals surface area contributed by atoms with Crippen molar-refractivity contribution in [3.05, 3.63) is 18.1 Å². The molecule has 1 aromatic heterocycles. The summed E-state index contributed by atoms with van der Waals surface area (Å²) in [6.07, 6.45) is 3.22. The van der Waals surface area contributed by atoms with Gasteiger partial charge in [-0.3, -0.25) is 5.41 Å². The van der Waals surface area contributed by atoms with Gasteiger partial charge in [0.25, 0.3) is 0 Å². The minimum absolute atomic E-state index is 0.0287. The number of rotatable bonds is 3. The van der Waals surface area contributed by atoms with Gasteiger partial charge in [0.05, 0.1) is 0 Å². The zero-order valence-electron chi connectivity index (χ0n) is 11.1. The van der Waals surface area contributed by atoms with Crippen molar-refractivity contribution in [1.29, 1.82) is 5.41 Å². The number of aromatic nitrogens is 2. The van der Waals surface area contributed by atoms with Crippen molar-refractivity contribution in [1.82, 2.24) is 14.9 Å². The van der Waals surface area contributed by atoms with E-state index in [0.717, 1.165) is 18.9 Å². The van der Waals surface area contributed by atoms with Crippen LogP contribution in [0.25, 0.3) is 0 Å². The fourth-order valence-electron chi connectivity index (χ4n) is 2.55. The molecule has 0 radical (unpaired) electrons. The van der Waals surface area contributed by atoms with Crippen LogP contribution in [0.3, 0.4) is 0 Å². The van der Waals surface area contributed by atoms with Crippen molar-refractivity contribution in [2.45, 2.75) is 13.0 Å². The number of hydrogen-bond acceptors (Lipinski definition) is 5. The summed E-state index contributed by atoms with van der Waals surface area (Å²) < 4.78 is 0. The molecule has 1 aromatic rings. The molecule has 2 heterocycles. The van der Waals surface area contributed by atoms with Gasteiger partial charge in [0.15, 0.2) is 5.82 Å². The summed E-state index contributed by atoms with van der Waals surface area (Å²) in [5, 5.41) is 7.56. The Morgan fingerprint density at radius 1 is 1.39 bits per heavy atom. The number of nitrogens with zero attached hydrogens (tertiary/aromatic N) is 4. The molecule has 18 heavy (non-hydrogen) atoms. The Labute approximate surface area is 107 Å². The molecule has 0 saturated carbocycles. The van der Waals surface area contributed by atoms with Crippen LogP contribution in [0, 0.1) is 11.3 Å². The quantitative estimate of drug-likeness (QED) is 0.587. The molecular formula is C12H20N6. The average Bonchev–Trinajstić information content (AvgIpc) is 2.71. The van der Waals surface area contributed by atoms with Crippen molar-refractivity contribution in [2.75, 3.05) is 32.1 Å². The lowest BCUT2D eigenvalue weighted by molar-refractivity contribution is 0.266. The van der Waals surface area contributed by atoms with Crippen LogP contribution in [0.4, 0.5) is 5.82 Å². The Morgan fingerprint density at radius 2 is 2.06 bits per heavy atom. The maximum Gasteiger partial charge on any atom is 0.158 e. The second-order valence-corrected chi connectivity index (χ2v) is 5.06. The number of anilines is 1. The van der Waals surface area contributed by atoms with Crippen molar-refractivity contribution in [3.63, 3.8) is 0 Å². The average molecular weight is 248 g/mol. The first kappa shape index (κ1) is 12.8. The van der Waals surface area contributed by atoms with Crippen LogP contribution in [-0.4, -0.2) is 53.9 Å². The molecule has 2 rings (SSSR count). The van der Waals surface area contributed by atoms with E-state index in [0.29, 0.717) is 17.7 Å². The highest BCUT2D eigenvalue weighted by Crippen LogP contribution is 2.25. The smallest absolute Gasteiger partial charge is 0.158 e. The SMILES string of the molecule is CC1CN(c2nccnc2C(=N)N)CC1N(C)C. The van der Waals surface area contributed by atoms with Gasteiger partial charge < -0.3 is 15.5 Å². The first-order valence-electron chi connectivity index (χ1n) is 6.07. The van der Waals surface area contributed by atoms with Crippen LogP contribution in [-0.2, 0) is 0 Å². The molecule has 0 amide bonds. The highest BCUT2D eigenvalue weighted by molar-refractivity contribution is 5.97. The zero-order valence-corrected chi connectivity index (χ0v) is 11.1. The van der Waals surface area contributed by atoms with Crippen molar-refractivity contribution in [3.8, 4) is 0 Å². The summed E-state index contributed by atoms with van der Waals surface area (Å²) in [6, 6.07) is 0.492. The van der Waals surface area contributed by atoms with Crippen molar-refractivity contribution in [2.24, 2.45) is 11.7 Å². The van der Waals surface area contributed by atoms with E-state index in [1.165, 1.54) is 0 Å². The Bertz CT molecular complexity index is 444. The highest BCUT2D eigenvalue weighted by Gasteiger charge is 2.33. The number of nitrogens with one attached hydrogen (secondary N) is 1. The topological polar surface area (TPSA) is 82.1 Å². The standard InChI is InChI=1S/C12H20N6/c1-8-6-18(7-9(8)17(2)3)12-10(11(13)14)15-4-5-16-12/h4-5,8-9H,6-7H2,1-3H3,(H3,13,14). The van der Waals surface area contributed by atoms with E-state index in [2.05, 4.69) is 40.8 Å². The molecule has 1 fully saturated rings. The minimum Gasteiger partial charge on any atom is -0.382 e. The molecule has 3 N–H and O–H groups in total. The van der Waals surface area contributed by atoms with Crippen molar-refractivity contribution < 1.29 is 0 Å². The molecule has 0 aliphatic carbocycles. The van der Waals surface area contributed by atoms with E-state index in [1.54, 1.807) is 12.4 Å². The Morgan fingerprint density at radius 3 is 2.61 bits per heavy atom. The largest absolute Gasteiger partial charge is 0.382 e. The van der Waals surface area contributed by atoms with E-state index in [9.17, 15) is 0 Å². The van der Waals surface area contributed by atoms with Gasteiger partial charge in [-0.25, -0.2) is 9.97 Å². The van der Waals surface area contributed by atoms with Crippen LogP contribution < -0.4 is 10.6 Å². The molecule has 2 unspecified atom stereocenters. The normalized spacial score (nSPS) is 23.7. The van der Waals surface area contributed by atoms with Gasteiger partial charge in [0, 0.05) is 31.5 Å². The van der Waals surface area contributed by atoms with Gasteiger partial charge in [-0.2, -0.15) is 0 Å². The van der Waals surface area contributed by atoms with Crippen molar-refractivity contribution >= 4 is 11.7 Å². The van der Waals surface area contributed by atoms with E-state index in [4.69, 9.17) is 11.1 Å². The van der Waals surface area contributed by atoms with Crippen LogP contribution in [0.15, 0.2) is 12.4 Å². The van der Waals surface area contributed by atoms with E-state index < -0.39 is 0 Å². The van der Waals surface area contributed by atoms with Gasteiger partial charge in [-0.05, 0) is 20.0 Å². The highest BCUT2D eigenvalue weighted by atomic mass is 15.3. The maximum atomic E-state index is 7.56. The summed E-state index contributed by atoms with van der Waals surface area (Å²) in [5.41, 5.74) is 6.03. The Balaban J connectivity index is 2.26. The molecule has 6 nitrogen and oxygen atoms in total. The molecule has 98 valence electrons.